The number of piperidine rings is 1. The summed E-state index contributed by atoms with van der Waals surface area (Å²) in [5.74, 6) is 0.657. The molecule has 3 heteroatoms. The Morgan fingerprint density at radius 1 is 1.27 bits per heavy atom. The van der Waals surface area contributed by atoms with Crippen LogP contribution in [0.4, 0.5) is 0 Å². The molecule has 0 saturated carbocycles. The van der Waals surface area contributed by atoms with E-state index in [1.54, 1.807) is 5.56 Å². The Morgan fingerprint density at radius 2 is 2.23 bits per heavy atom. The maximum atomic E-state index is 3.81. The SMILES string of the molecule is CCCCCNC1CN[C@@H]2Cc3c[nH]c4cccc(c34)[C@H]2C1. The van der Waals surface area contributed by atoms with Gasteiger partial charge in [-0.25, -0.2) is 0 Å². The molecular formula is C19H27N3. The smallest absolute Gasteiger partial charge is 0.0459 e. The lowest BCUT2D eigenvalue weighted by Gasteiger charge is -2.40. The van der Waals surface area contributed by atoms with Crippen LogP contribution in [0.5, 0.6) is 0 Å². The van der Waals surface area contributed by atoms with Crippen LogP contribution < -0.4 is 10.6 Å². The normalized spacial score (nSPS) is 27.0. The minimum atomic E-state index is 0.614. The summed E-state index contributed by atoms with van der Waals surface area (Å²) < 4.78 is 0. The predicted octanol–water partition coefficient (Wildman–Crippen LogP) is 3.32. The van der Waals surface area contributed by atoms with E-state index in [2.05, 4.69) is 46.9 Å². The quantitative estimate of drug-likeness (QED) is 0.741. The van der Waals surface area contributed by atoms with Gasteiger partial charge in [-0.2, -0.15) is 0 Å². The highest BCUT2D eigenvalue weighted by atomic mass is 15.0. The highest BCUT2D eigenvalue weighted by Crippen LogP contribution is 2.40. The maximum Gasteiger partial charge on any atom is 0.0459 e. The van der Waals surface area contributed by atoms with Crippen LogP contribution >= 0.6 is 0 Å². The van der Waals surface area contributed by atoms with E-state index in [1.165, 1.54) is 48.6 Å². The van der Waals surface area contributed by atoms with E-state index in [0.717, 1.165) is 13.1 Å². The minimum Gasteiger partial charge on any atom is -0.361 e. The third-order valence-corrected chi connectivity index (χ3v) is 5.52. The topological polar surface area (TPSA) is 39.8 Å². The van der Waals surface area contributed by atoms with Crippen molar-refractivity contribution in [3.63, 3.8) is 0 Å². The van der Waals surface area contributed by atoms with Crippen LogP contribution in [0.25, 0.3) is 10.9 Å². The molecule has 1 aliphatic heterocycles. The van der Waals surface area contributed by atoms with Gasteiger partial charge < -0.3 is 15.6 Å². The molecule has 2 heterocycles. The first kappa shape index (κ1) is 14.3. The molecule has 0 spiro atoms. The number of nitrogens with one attached hydrogen (secondary N) is 3. The van der Waals surface area contributed by atoms with Gasteiger partial charge in [-0.3, -0.25) is 0 Å². The summed E-state index contributed by atoms with van der Waals surface area (Å²) in [6, 6.07) is 7.99. The number of H-pyrrole nitrogens is 1. The van der Waals surface area contributed by atoms with E-state index in [-0.39, 0.29) is 0 Å². The summed E-state index contributed by atoms with van der Waals surface area (Å²) in [5, 5.41) is 9.08. The zero-order valence-electron chi connectivity index (χ0n) is 13.5. The lowest BCUT2D eigenvalue weighted by Crippen LogP contribution is -2.53. The predicted molar refractivity (Wildman–Crippen MR) is 92.5 cm³/mol. The van der Waals surface area contributed by atoms with Gasteiger partial charge in [0.2, 0.25) is 0 Å². The first-order chi connectivity index (χ1) is 10.9. The molecule has 1 aliphatic carbocycles. The van der Waals surface area contributed by atoms with Gasteiger partial charge in [-0.1, -0.05) is 31.9 Å². The van der Waals surface area contributed by atoms with Gasteiger partial charge in [-0.15, -0.1) is 0 Å². The fraction of sp³-hybridized carbons (Fsp3) is 0.579. The van der Waals surface area contributed by atoms with Gasteiger partial charge in [0.15, 0.2) is 0 Å². The molecule has 1 aromatic carbocycles. The highest BCUT2D eigenvalue weighted by Gasteiger charge is 2.35. The van der Waals surface area contributed by atoms with E-state index in [0.29, 0.717) is 18.0 Å². The van der Waals surface area contributed by atoms with Gasteiger partial charge in [0, 0.05) is 41.6 Å². The summed E-state index contributed by atoms with van der Waals surface area (Å²) in [4.78, 5) is 3.45. The standard InChI is InChI=1S/C19H27N3/c1-2-3-4-8-20-14-10-16-15-6-5-7-17-19(15)13(11-21-17)9-18(16)22-12-14/h5-7,11,14,16,18,20-22H,2-4,8-10,12H2,1H3/t14?,16-,18-/m1/s1. The molecule has 118 valence electrons. The van der Waals surface area contributed by atoms with Crippen LogP contribution in [-0.2, 0) is 6.42 Å². The Bertz CT molecular complexity index is 645. The molecule has 1 fully saturated rings. The average Bonchev–Trinajstić information content (AvgIpc) is 2.97. The van der Waals surface area contributed by atoms with Gasteiger partial charge in [0.05, 0.1) is 0 Å². The van der Waals surface area contributed by atoms with Gasteiger partial charge in [0.1, 0.15) is 0 Å². The Morgan fingerprint density at radius 3 is 3.14 bits per heavy atom. The summed E-state index contributed by atoms with van der Waals surface area (Å²) in [6.45, 7) is 4.55. The lowest BCUT2D eigenvalue weighted by molar-refractivity contribution is 0.284. The van der Waals surface area contributed by atoms with E-state index in [4.69, 9.17) is 0 Å². The Balaban J connectivity index is 1.51. The van der Waals surface area contributed by atoms with Crippen molar-refractivity contribution >= 4 is 10.9 Å². The van der Waals surface area contributed by atoms with Gasteiger partial charge in [-0.05, 0) is 43.0 Å². The Labute approximate surface area is 132 Å². The fourth-order valence-corrected chi connectivity index (χ4v) is 4.38. The molecule has 0 amide bonds. The number of fused-ring (bicyclic) bond motifs is 2. The third kappa shape index (κ3) is 2.46. The van der Waals surface area contributed by atoms with Crippen LogP contribution in [0.15, 0.2) is 24.4 Å². The average molecular weight is 297 g/mol. The van der Waals surface area contributed by atoms with Gasteiger partial charge in [0.25, 0.3) is 0 Å². The van der Waals surface area contributed by atoms with Crippen LogP contribution in [-0.4, -0.2) is 30.2 Å². The molecule has 2 aromatic rings. The van der Waals surface area contributed by atoms with Gasteiger partial charge >= 0.3 is 0 Å². The number of hydrogen-bond acceptors (Lipinski definition) is 2. The zero-order valence-corrected chi connectivity index (χ0v) is 13.5. The molecule has 3 nitrogen and oxygen atoms in total. The zero-order chi connectivity index (χ0) is 14.9. The van der Waals surface area contributed by atoms with E-state index in [9.17, 15) is 0 Å². The summed E-state index contributed by atoms with van der Waals surface area (Å²) in [5.41, 5.74) is 4.36. The van der Waals surface area contributed by atoms with Crippen LogP contribution in [0.1, 0.15) is 49.7 Å². The second-order valence-corrected chi connectivity index (χ2v) is 7.00. The molecule has 0 radical (unpaired) electrons. The molecule has 0 bridgehead atoms. The second-order valence-electron chi connectivity index (χ2n) is 7.00. The second kappa shape index (κ2) is 6.05. The van der Waals surface area contributed by atoms with E-state index < -0.39 is 0 Å². The van der Waals surface area contributed by atoms with Crippen molar-refractivity contribution in [2.75, 3.05) is 13.1 Å². The number of benzene rings is 1. The van der Waals surface area contributed by atoms with Crippen molar-refractivity contribution in [2.45, 2.75) is 57.0 Å². The van der Waals surface area contributed by atoms with Crippen LogP contribution in [0, 0.1) is 0 Å². The summed E-state index contributed by atoms with van der Waals surface area (Å²) >= 11 is 0. The monoisotopic (exact) mass is 297 g/mol. The first-order valence-corrected chi connectivity index (χ1v) is 8.92. The largest absolute Gasteiger partial charge is 0.361 e. The first-order valence-electron chi connectivity index (χ1n) is 8.92. The molecule has 4 rings (SSSR count). The molecule has 1 aromatic heterocycles. The van der Waals surface area contributed by atoms with E-state index >= 15 is 0 Å². The van der Waals surface area contributed by atoms with Crippen molar-refractivity contribution in [1.82, 2.24) is 15.6 Å². The molecular weight excluding hydrogens is 270 g/mol. The molecule has 3 N–H and O–H groups in total. The number of hydrogen-bond donors (Lipinski definition) is 3. The summed E-state index contributed by atoms with van der Waals surface area (Å²) in [7, 11) is 0. The highest BCUT2D eigenvalue weighted by molar-refractivity contribution is 5.88. The number of aromatic nitrogens is 1. The third-order valence-electron chi connectivity index (χ3n) is 5.52. The molecule has 1 unspecified atom stereocenters. The van der Waals surface area contributed by atoms with Crippen LogP contribution in [0.2, 0.25) is 0 Å². The van der Waals surface area contributed by atoms with Crippen molar-refractivity contribution in [1.29, 1.82) is 0 Å². The molecule has 3 atom stereocenters. The Hall–Kier alpha value is -1.32. The van der Waals surface area contributed by atoms with Crippen molar-refractivity contribution in [3.8, 4) is 0 Å². The number of unbranched alkanes of at least 4 members (excludes halogenated alkanes) is 2. The molecule has 22 heavy (non-hydrogen) atoms. The van der Waals surface area contributed by atoms with Crippen molar-refractivity contribution in [3.05, 3.63) is 35.5 Å². The fourth-order valence-electron chi connectivity index (χ4n) is 4.38. The van der Waals surface area contributed by atoms with E-state index in [1.807, 2.05) is 0 Å². The number of rotatable bonds is 5. The van der Waals surface area contributed by atoms with Crippen molar-refractivity contribution in [2.24, 2.45) is 0 Å². The maximum absolute atomic E-state index is 3.81. The van der Waals surface area contributed by atoms with Crippen molar-refractivity contribution < 1.29 is 0 Å². The lowest BCUT2D eigenvalue weighted by atomic mass is 9.75. The molecule has 1 saturated heterocycles. The van der Waals surface area contributed by atoms with Crippen LogP contribution in [0.3, 0.4) is 0 Å². The molecule has 2 aliphatic rings. The summed E-state index contributed by atoms with van der Waals surface area (Å²) in [6.07, 6.45) is 8.59. The number of aromatic amines is 1. The minimum absolute atomic E-state index is 0.614. The Kier molecular flexibility index (Phi) is 3.93.